The zero-order chi connectivity index (χ0) is 7.82. The van der Waals surface area contributed by atoms with Gasteiger partial charge >= 0.3 is 0 Å². The molecule has 0 rings (SSSR count). The first kappa shape index (κ1) is 8.96. The zero-order valence-electron chi connectivity index (χ0n) is 6.42. The fourth-order valence-corrected chi connectivity index (χ4v) is 0.312. The van der Waals surface area contributed by atoms with Gasteiger partial charge in [-0.2, -0.15) is 5.26 Å². The second kappa shape index (κ2) is 6.09. The van der Waals surface area contributed by atoms with Crippen molar-refractivity contribution in [3.05, 3.63) is 0 Å². The molecule has 56 valence electrons. The number of nitriles is 1. The average molecular weight is 140 g/mol. The Balaban J connectivity index is 3.27. The lowest BCUT2D eigenvalue weighted by atomic mass is 10.3. The SMILES string of the molecule is CC/C(C)=N/OCCC#N. The van der Waals surface area contributed by atoms with E-state index in [-0.39, 0.29) is 0 Å². The number of hydrogen-bond acceptors (Lipinski definition) is 3. The summed E-state index contributed by atoms with van der Waals surface area (Å²) in [6, 6.07) is 1.97. The molecular formula is C7H12N2O. The van der Waals surface area contributed by atoms with Crippen LogP contribution >= 0.6 is 0 Å². The molecular weight excluding hydrogens is 128 g/mol. The van der Waals surface area contributed by atoms with Crippen molar-refractivity contribution in [2.24, 2.45) is 5.16 Å². The topological polar surface area (TPSA) is 45.4 Å². The largest absolute Gasteiger partial charge is 0.395 e. The molecule has 0 radical (unpaired) electrons. The summed E-state index contributed by atoms with van der Waals surface area (Å²) >= 11 is 0. The molecule has 0 N–H and O–H groups in total. The van der Waals surface area contributed by atoms with Crippen molar-refractivity contribution in [3.8, 4) is 6.07 Å². The summed E-state index contributed by atoms with van der Waals surface area (Å²) < 4.78 is 0. The van der Waals surface area contributed by atoms with Crippen LogP contribution < -0.4 is 0 Å². The molecule has 0 aliphatic heterocycles. The van der Waals surface area contributed by atoms with Crippen LogP contribution in [0.1, 0.15) is 26.7 Å². The first-order valence-corrected chi connectivity index (χ1v) is 3.33. The molecule has 0 aliphatic rings. The fraction of sp³-hybridized carbons (Fsp3) is 0.714. The van der Waals surface area contributed by atoms with Gasteiger partial charge in [0.05, 0.1) is 18.2 Å². The van der Waals surface area contributed by atoms with E-state index in [1.807, 2.05) is 19.9 Å². The van der Waals surface area contributed by atoms with Gasteiger partial charge in [0.25, 0.3) is 0 Å². The third-order valence-electron chi connectivity index (χ3n) is 1.04. The minimum atomic E-state index is 0.397. The summed E-state index contributed by atoms with van der Waals surface area (Å²) in [7, 11) is 0. The summed E-state index contributed by atoms with van der Waals surface area (Å²) in [4.78, 5) is 4.79. The Hall–Kier alpha value is -1.04. The lowest BCUT2D eigenvalue weighted by Gasteiger charge is -1.95. The van der Waals surface area contributed by atoms with Gasteiger partial charge in [0.2, 0.25) is 0 Å². The second-order valence-corrected chi connectivity index (χ2v) is 1.92. The molecule has 0 spiro atoms. The highest BCUT2D eigenvalue weighted by Crippen LogP contribution is 1.87. The number of hydrogen-bond donors (Lipinski definition) is 0. The lowest BCUT2D eigenvalue weighted by Crippen LogP contribution is -1.91. The van der Waals surface area contributed by atoms with Crippen molar-refractivity contribution in [1.29, 1.82) is 5.26 Å². The second-order valence-electron chi connectivity index (χ2n) is 1.92. The van der Waals surface area contributed by atoms with Crippen molar-refractivity contribution in [2.75, 3.05) is 6.61 Å². The Kier molecular flexibility index (Phi) is 5.45. The average Bonchev–Trinajstić information content (AvgIpc) is 1.98. The highest BCUT2D eigenvalue weighted by atomic mass is 16.6. The van der Waals surface area contributed by atoms with E-state index >= 15 is 0 Å². The van der Waals surface area contributed by atoms with E-state index in [2.05, 4.69) is 5.16 Å². The molecule has 0 saturated heterocycles. The van der Waals surface area contributed by atoms with Gasteiger partial charge in [-0.05, 0) is 13.3 Å². The van der Waals surface area contributed by atoms with Crippen molar-refractivity contribution < 1.29 is 4.84 Å². The van der Waals surface area contributed by atoms with E-state index in [9.17, 15) is 0 Å². The zero-order valence-corrected chi connectivity index (χ0v) is 6.42. The van der Waals surface area contributed by atoms with Crippen LogP contribution in [0.3, 0.4) is 0 Å². The van der Waals surface area contributed by atoms with Crippen LogP contribution in [0.5, 0.6) is 0 Å². The van der Waals surface area contributed by atoms with Gasteiger partial charge in [-0.15, -0.1) is 0 Å². The molecule has 0 atom stereocenters. The predicted octanol–water partition coefficient (Wildman–Crippen LogP) is 1.70. The highest BCUT2D eigenvalue weighted by molar-refractivity contribution is 5.80. The lowest BCUT2D eigenvalue weighted by molar-refractivity contribution is 0.149. The van der Waals surface area contributed by atoms with E-state index in [0.29, 0.717) is 13.0 Å². The highest BCUT2D eigenvalue weighted by Gasteiger charge is 1.85. The van der Waals surface area contributed by atoms with Crippen molar-refractivity contribution in [1.82, 2.24) is 0 Å². The first-order chi connectivity index (χ1) is 4.81. The minimum Gasteiger partial charge on any atom is -0.395 e. The molecule has 0 fully saturated rings. The smallest absolute Gasteiger partial charge is 0.130 e. The maximum absolute atomic E-state index is 8.11. The molecule has 0 amide bonds. The maximum Gasteiger partial charge on any atom is 0.130 e. The van der Waals surface area contributed by atoms with Gasteiger partial charge in [-0.1, -0.05) is 12.1 Å². The maximum atomic E-state index is 8.11. The summed E-state index contributed by atoms with van der Waals surface area (Å²) in [5.74, 6) is 0. The van der Waals surface area contributed by atoms with Gasteiger partial charge in [0, 0.05) is 0 Å². The van der Waals surface area contributed by atoms with E-state index < -0.39 is 0 Å². The van der Waals surface area contributed by atoms with Crippen LogP contribution in [0.4, 0.5) is 0 Å². The van der Waals surface area contributed by atoms with Crippen LogP contribution in [-0.2, 0) is 4.84 Å². The summed E-state index contributed by atoms with van der Waals surface area (Å²) in [5.41, 5.74) is 0.956. The summed E-state index contributed by atoms with van der Waals surface area (Å²) in [5, 5.41) is 11.9. The van der Waals surface area contributed by atoms with E-state index in [1.54, 1.807) is 0 Å². The van der Waals surface area contributed by atoms with Crippen LogP contribution in [0.15, 0.2) is 5.16 Å². The van der Waals surface area contributed by atoms with Gasteiger partial charge in [0.15, 0.2) is 0 Å². The normalized spacial score (nSPS) is 10.7. The minimum absolute atomic E-state index is 0.397. The molecule has 0 bridgehead atoms. The van der Waals surface area contributed by atoms with Gasteiger partial charge in [-0.3, -0.25) is 0 Å². The Bertz CT molecular complexity index is 146. The van der Waals surface area contributed by atoms with Crippen LogP contribution in [0.25, 0.3) is 0 Å². The number of oxime groups is 1. The molecule has 0 aromatic carbocycles. The standard InChI is InChI=1S/C7H12N2O/c1-3-7(2)9-10-6-4-5-8/h3-4,6H2,1-2H3/b9-7+. The monoisotopic (exact) mass is 140 g/mol. The Morgan fingerprint density at radius 3 is 2.90 bits per heavy atom. The number of nitrogens with zero attached hydrogens (tertiary/aromatic N) is 2. The summed E-state index contributed by atoms with van der Waals surface area (Å²) in [6.45, 7) is 4.30. The fourth-order valence-electron chi connectivity index (χ4n) is 0.312. The quantitative estimate of drug-likeness (QED) is 0.339. The molecule has 3 nitrogen and oxygen atoms in total. The van der Waals surface area contributed by atoms with Crippen molar-refractivity contribution in [3.63, 3.8) is 0 Å². The molecule has 0 aromatic heterocycles. The molecule has 0 aromatic rings. The van der Waals surface area contributed by atoms with E-state index in [1.165, 1.54) is 0 Å². The van der Waals surface area contributed by atoms with Crippen molar-refractivity contribution in [2.45, 2.75) is 26.7 Å². The first-order valence-electron chi connectivity index (χ1n) is 3.33. The van der Waals surface area contributed by atoms with Crippen LogP contribution in [0.2, 0.25) is 0 Å². The third-order valence-corrected chi connectivity index (χ3v) is 1.04. The number of rotatable bonds is 4. The predicted molar refractivity (Wildman–Crippen MR) is 39.6 cm³/mol. The summed E-state index contributed by atoms with van der Waals surface area (Å²) in [6.07, 6.45) is 1.30. The Morgan fingerprint density at radius 2 is 2.40 bits per heavy atom. The molecule has 3 heteroatoms. The molecule has 0 unspecified atom stereocenters. The van der Waals surface area contributed by atoms with E-state index in [0.717, 1.165) is 12.1 Å². The Labute approximate surface area is 61.3 Å². The Morgan fingerprint density at radius 1 is 1.70 bits per heavy atom. The van der Waals surface area contributed by atoms with Crippen molar-refractivity contribution >= 4 is 5.71 Å². The third kappa shape index (κ3) is 5.10. The van der Waals surface area contributed by atoms with Crippen LogP contribution in [-0.4, -0.2) is 12.3 Å². The van der Waals surface area contributed by atoms with Gasteiger partial charge < -0.3 is 4.84 Å². The molecule has 10 heavy (non-hydrogen) atoms. The van der Waals surface area contributed by atoms with Gasteiger partial charge in [-0.25, -0.2) is 0 Å². The van der Waals surface area contributed by atoms with E-state index in [4.69, 9.17) is 10.1 Å². The molecule has 0 aliphatic carbocycles. The molecule has 0 heterocycles. The van der Waals surface area contributed by atoms with Gasteiger partial charge in [0.1, 0.15) is 6.61 Å². The van der Waals surface area contributed by atoms with Crippen LogP contribution in [0, 0.1) is 11.3 Å². The molecule has 0 saturated carbocycles.